The molecule has 0 aliphatic heterocycles. The summed E-state index contributed by atoms with van der Waals surface area (Å²) in [7, 11) is 0. The molecule has 0 spiro atoms. The first-order valence-corrected chi connectivity index (χ1v) is 7.86. The van der Waals surface area contributed by atoms with Crippen molar-refractivity contribution in [2.24, 2.45) is 0 Å². The zero-order valence-electron chi connectivity index (χ0n) is 11.4. The molecule has 1 aromatic carbocycles. The number of amides is 1. The molecule has 1 fully saturated rings. The van der Waals surface area contributed by atoms with Gasteiger partial charge in [-0.05, 0) is 49.9 Å². The highest BCUT2D eigenvalue weighted by atomic mass is 35.5. The highest BCUT2D eigenvalue weighted by Gasteiger charge is 2.28. The van der Waals surface area contributed by atoms with Crippen molar-refractivity contribution in [2.75, 3.05) is 19.0 Å². The Morgan fingerprint density at radius 3 is 2.55 bits per heavy atom. The minimum atomic E-state index is 0.0368. The lowest BCUT2D eigenvalue weighted by atomic mass is 9.91. The van der Waals surface area contributed by atoms with E-state index in [0.717, 1.165) is 25.8 Å². The summed E-state index contributed by atoms with van der Waals surface area (Å²) in [6, 6.07) is 7.40. The van der Waals surface area contributed by atoms with Crippen LogP contribution in [0.3, 0.4) is 0 Å². The monoisotopic (exact) mass is 315 g/mol. The molecule has 0 N–H and O–H groups in total. The summed E-state index contributed by atoms with van der Waals surface area (Å²) in [6.45, 7) is 0.789. The number of hydrogen-bond donors (Lipinski definition) is 0. The number of nitrogens with zero attached hydrogens (tertiary/aromatic N) is 1. The molecule has 110 valence electrons. The third kappa shape index (κ3) is 4.29. The van der Waals surface area contributed by atoms with Gasteiger partial charge in [0.1, 0.15) is 5.75 Å². The Morgan fingerprint density at radius 1 is 1.30 bits per heavy atom. The van der Waals surface area contributed by atoms with E-state index in [1.54, 1.807) is 24.3 Å². The molecule has 1 aliphatic carbocycles. The molecular weight excluding hydrogens is 297 g/mol. The van der Waals surface area contributed by atoms with Crippen molar-refractivity contribution in [1.29, 1.82) is 0 Å². The number of carbonyl (C=O) groups is 1. The number of carbonyl (C=O) groups excluding carboxylic acids is 1. The summed E-state index contributed by atoms with van der Waals surface area (Å²) >= 11 is 11.5. The molecule has 2 rings (SSSR count). The van der Waals surface area contributed by atoms with Crippen LogP contribution in [0.15, 0.2) is 24.3 Å². The summed E-state index contributed by atoms with van der Waals surface area (Å²) in [4.78, 5) is 14.2. The summed E-state index contributed by atoms with van der Waals surface area (Å²) < 4.78 is 5.52. The van der Waals surface area contributed by atoms with Gasteiger partial charge >= 0.3 is 0 Å². The Labute approximate surface area is 129 Å². The van der Waals surface area contributed by atoms with Crippen molar-refractivity contribution < 1.29 is 9.53 Å². The molecule has 0 unspecified atom stereocenters. The molecule has 1 saturated carbocycles. The topological polar surface area (TPSA) is 29.5 Å². The number of hydrogen-bond acceptors (Lipinski definition) is 2. The van der Waals surface area contributed by atoms with Crippen molar-refractivity contribution >= 4 is 29.1 Å². The Morgan fingerprint density at radius 2 is 2.00 bits per heavy atom. The minimum absolute atomic E-state index is 0.0368. The van der Waals surface area contributed by atoms with E-state index in [9.17, 15) is 4.79 Å². The largest absolute Gasteiger partial charge is 0.484 e. The molecule has 0 saturated heterocycles. The third-order valence-electron chi connectivity index (χ3n) is 3.54. The smallest absolute Gasteiger partial charge is 0.260 e. The molecule has 0 radical (unpaired) electrons. The van der Waals surface area contributed by atoms with Gasteiger partial charge in [-0.15, -0.1) is 11.6 Å². The van der Waals surface area contributed by atoms with E-state index in [-0.39, 0.29) is 12.5 Å². The normalized spacial score (nSPS) is 14.7. The van der Waals surface area contributed by atoms with E-state index in [4.69, 9.17) is 27.9 Å². The fourth-order valence-electron chi connectivity index (χ4n) is 2.20. The standard InChI is InChI=1S/C15H19Cl2NO2/c16-9-2-10-18(13-3-1-4-13)15(19)11-20-14-7-5-12(17)6-8-14/h5-8,13H,1-4,9-11H2. The first kappa shape index (κ1) is 15.5. The highest BCUT2D eigenvalue weighted by molar-refractivity contribution is 6.30. The highest BCUT2D eigenvalue weighted by Crippen LogP contribution is 2.25. The molecule has 3 nitrogen and oxygen atoms in total. The fraction of sp³-hybridized carbons (Fsp3) is 0.533. The Kier molecular flexibility index (Phi) is 5.99. The number of halogens is 2. The number of alkyl halides is 1. The van der Waals surface area contributed by atoms with E-state index >= 15 is 0 Å². The van der Waals surface area contributed by atoms with E-state index in [2.05, 4.69) is 0 Å². The molecule has 0 atom stereocenters. The van der Waals surface area contributed by atoms with Crippen LogP contribution in [-0.2, 0) is 4.79 Å². The first-order chi connectivity index (χ1) is 9.70. The number of ether oxygens (including phenoxy) is 1. The van der Waals surface area contributed by atoms with Crippen molar-refractivity contribution in [3.8, 4) is 5.75 Å². The van der Waals surface area contributed by atoms with Crippen molar-refractivity contribution in [2.45, 2.75) is 31.7 Å². The minimum Gasteiger partial charge on any atom is -0.484 e. The van der Waals surface area contributed by atoms with Crippen LogP contribution in [0.25, 0.3) is 0 Å². The first-order valence-electron chi connectivity index (χ1n) is 6.94. The zero-order valence-corrected chi connectivity index (χ0v) is 12.9. The van der Waals surface area contributed by atoms with Gasteiger partial charge in [0.2, 0.25) is 0 Å². The quantitative estimate of drug-likeness (QED) is 0.717. The van der Waals surface area contributed by atoms with Crippen LogP contribution >= 0.6 is 23.2 Å². The van der Waals surface area contributed by atoms with E-state index in [0.29, 0.717) is 22.7 Å². The number of benzene rings is 1. The van der Waals surface area contributed by atoms with E-state index in [1.807, 2.05) is 4.90 Å². The van der Waals surface area contributed by atoms with Gasteiger partial charge in [-0.25, -0.2) is 0 Å². The van der Waals surface area contributed by atoms with Gasteiger partial charge in [0.15, 0.2) is 6.61 Å². The van der Waals surface area contributed by atoms with Gasteiger partial charge in [-0.2, -0.15) is 0 Å². The lowest BCUT2D eigenvalue weighted by Gasteiger charge is -2.37. The van der Waals surface area contributed by atoms with Gasteiger partial charge < -0.3 is 9.64 Å². The second-order valence-electron chi connectivity index (χ2n) is 4.96. The molecule has 1 amide bonds. The molecule has 0 bridgehead atoms. The van der Waals surface area contributed by atoms with Crippen LogP contribution < -0.4 is 4.74 Å². The van der Waals surface area contributed by atoms with Gasteiger partial charge in [0, 0.05) is 23.5 Å². The average molecular weight is 316 g/mol. The van der Waals surface area contributed by atoms with Crippen LogP contribution in [0.5, 0.6) is 5.75 Å². The molecule has 20 heavy (non-hydrogen) atoms. The van der Waals surface area contributed by atoms with Crippen LogP contribution in [0.1, 0.15) is 25.7 Å². The second-order valence-corrected chi connectivity index (χ2v) is 5.77. The van der Waals surface area contributed by atoms with Gasteiger partial charge in [0.05, 0.1) is 0 Å². The SMILES string of the molecule is O=C(COc1ccc(Cl)cc1)N(CCCCl)C1CCC1. The molecular formula is C15H19Cl2NO2. The lowest BCUT2D eigenvalue weighted by molar-refractivity contribution is -0.137. The molecule has 5 heteroatoms. The van der Waals surface area contributed by atoms with Crippen LogP contribution in [0.2, 0.25) is 5.02 Å². The van der Waals surface area contributed by atoms with Gasteiger partial charge in [0.25, 0.3) is 5.91 Å². The Bertz CT molecular complexity index is 432. The zero-order chi connectivity index (χ0) is 14.4. The van der Waals surface area contributed by atoms with Crippen LogP contribution in [0.4, 0.5) is 0 Å². The molecule has 0 aromatic heterocycles. The predicted molar refractivity (Wildman–Crippen MR) is 81.6 cm³/mol. The van der Waals surface area contributed by atoms with Crippen molar-refractivity contribution in [3.63, 3.8) is 0 Å². The van der Waals surface area contributed by atoms with E-state index < -0.39 is 0 Å². The maximum absolute atomic E-state index is 12.3. The summed E-state index contributed by atoms with van der Waals surface area (Å²) in [5.41, 5.74) is 0. The molecule has 0 heterocycles. The van der Waals surface area contributed by atoms with Gasteiger partial charge in [-0.3, -0.25) is 4.79 Å². The summed E-state index contributed by atoms with van der Waals surface area (Å²) in [6.07, 6.45) is 4.21. The molecule has 1 aromatic rings. The van der Waals surface area contributed by atoms with Gasteiger partial charge in [-0.1, -0.05) is 11.6 Å². The lowest BCUT2D eigenvalue weighted by Crippen LogP contribution is -2.46. The van der Waals surface area contributed by atoms with Crippen LogP contribution in [0, 0.1) is 0 Å². The fourth-order valence-corrected chi connectivity index (χ4v) is 2.44. The Balaban J connectivity index is 1.85. The average Bonchev–Trinajstić information content (AvgIpc) is 2.40. The van der Waals surface area contributed by atoms with E-state index in [1.165, 1.54) is 6.42 Å². The van der Waals surface area contributed by atoms with Crippen molar-refractivity contribution in [1.82, 2.24) is 4.90 Å². The van der Waals surface area contributed by atoms with Crippen LogP contribution in [-0.4, -0.2) is 35.9 Å². The molecule has 1 aliphatic rings. The second kappa shape index (κ2) is 7.75. The maximum Gasteiger partial charge on any atom is 0.260 e. The number of rotatable bonds is 7. The third-order valence-corrected chi connectivity index (χ3v) is 4.06. The summed E-state index contributed by atoms with van der Waals surface area (Å²) in [5.74, 6) is 1.28. The van der Waals surface area contributed by atoms with Crippen molar-refractivity contribution in [3.05, 3.63) is 29.3 Å². The summed E-state index contributed by atoms with van der Waals surface area (Å²) in [5, 5.41) is 0.655. The predicted octanol–water partition coefficient (Wildman–Crippen LogP) is 3.73. The maximum atomic E-state index is 12.3. The Hall–Kier alpha value is -0.930.